The molecule has 56 heavy (non-hydrogen) atoms. The zero-order valence-corrected chi connectivity index (χ0v) is 37.2. The smallest absolute Gasteiger partial charge is 0.326 e. The molecule has 5 aliphatic carbocycles. The largest absolute Gasteiger partial charge is 0.480 e. The van der Waals surface area contributed by atoms with E-state index in [-0.39, 0.29) is 56.4 Å². The van der Waals surface area contributed by atoms with Crippen molar-refractivity contribution < 1.29 is 29.0 Å². The lowest BCUT2D eigenvalue weighted by Crippen LogP contribution is -2.65. The van der Waals surface area contributed by atoms with Crippen molar-refractivity contribution in [2.45, 2.75) is 203 Å². The second-order valence-electron chi connectivity index (χ2n) is 21.8. The van der Waals surface area contributed by atoms with Gasteiger partial charge in [-0.25, -0.2) is 4.79 Å². The van der Waals surface area contributed by atoms with Crippen LogP contribution >= 0.6 is 0 Å². The standard InChI is InChI=1S/C48H80N2O6/c1-32(2)40(41(53)54)50-39(52)19-17-15-13-11-12-14-16-18-30-49-42(55)48-28-26-43(4,5)31-35(48)34-20-21-37-45(8)24-23-38(56-33(3)51)44(6,7)36(45)22-25-47(37,10)46(34,9)27-29-48/h20,32,35-38,40H,11-19,21-31H2,1-10H3,(H,49,55)(H,50,52)(H,53,54)/t35?,36?,37?,38-,40-,45-,46+,47+,48-/m0/s1. The van der Waals surface area contributed by atoms with E-state index in [1.54, 1.807) is 26.3 Å². The molecule has 2 amide bonds. The third-order valence-electron chi connectivity index (χ3n) is 17.2. The number of esters is 1. The number of carbonyl (C=O) groups is 4. The zero-order chi connectivity index (χ0) is 41.3. The molecule has 8 nitrogen and oxygen atoms in total. The van der Waals surface area contributed by atoms with Gasteiger partial charge < -0.3 is 20.5 Å². The summed E-state index contributed by atoms with van der Waals surface area (Å²) in [6, 6.07) is -0.821. The van der Waals surface area contributed by atoms with Gasteiger partial charge in [0, 0.05) is 25.3 Å². The van der Waals surface area contributed by atoms with Gasteiger partial charge in [-0.2, -0.15) is 0 Å². The molecule has 5 aliphatic rings. The number of carbonyl (C=O) groups excluding carboxylic acids is 3. The minimum absolute atomic E-state index is 0.0124. The molecule has 9 atom stereocenters. The first-order chi connectivity index (χ1) is 26.1. The lowest BCUT2D eigenvalue weighted by Gasteiger charge is -2.71. The maximum absolute atomic E-state index is 14.5. The van der Waals surface area contributed by atoms with Gasteiger partial charge in [-0.3, -0.25) is 14.4 Å². The summed E-state index contributed by atoms with van der Waals surface area (Å²) in [5, 5.41) is 15.4. The summed E-state index contributed by atoms with van der Waals surface area (Å²) in [5.41, 5.74) is 1.91. The molecule has 0 aromatic carbocycles. The molecule has 0 radical (unpaired) electrons. The van der Waals surface area contributed by atoms with Gasteiger partial charge in [0.2, 0.25) is 11.8 Å². The second kappa shape index (κ2) is 17.1. The first kappa shape index (κ1) is 44.7. The topological polar surface area (TPSA) is 122 Å². The van der Waals surface area contributed by atoms with Gasteiger partial charge in [0.25, 0.3) is 0 Å². The molecule has 0 aromatic rings. The van der Waals surface area contributed by atoms with Crippen LogP contribution in [0.3, 0.4) is 0 Å². The van der Waals surface area contributed by atoms with Crippen molar-refractivity contribution in [3.63, 3.8) is 0 Å². The molecular formula is C48H80N2O6. The molecule has 3 N–H and O–H groups in total. The van der Waals surface area contributed by atoms with Crippen molar-refractivity contribution in [1.82, 2.24) is 10.6 Å². The van der Waals surface area contributed by atoms with Gasteiger partial charge in [-0.05, 0) is 122 Å². The van der Waals surface area contributed by atoms with E-state index in [9.17, 15) is 24.3 Å². The summed E-state index contributed by atoms with van der Waals surface area (Å²) < 4.78 is 5.96. The number of hydrogen-bond donors (Lipinski definition) is 3. The third-order valence-corrected chi connectivity index (χ3v) is 17.2. The highest BCUT2D eigenvalue weighted by Gasteiger charge is 2.69. The van der Waals surface area contributed by atoms with Crippen LogP contribution in [-0.2, 0) is 23.9 Å². The SMILES string of the molecule is CC(=O)O[C@H]1CC[C@@]2(C)C(CC[C@]3(C)C2CC=C2C4CC(C)(C)CC[C@]4(C(=O)NCCCCCCCCCCC(=O)N[C@H](C(=O)O)C(C)C)CC[C@]23C)C1(C)C. The quantitative estimate of drug-likeness (QED) is 0.0814. The summed E-state index contributed by atoms with van der Waals surface area (Å²) >= 11 is 0. The molecule has 4 saturated carbocycles. The third kappa shape index (κ3) is 8.52. The Morgan fingerprint density at radius 3 is 2.05 bits per heavy atom. The van der Waals surface area contributed by atoms with Gasteiger partial charge >= 0.3 is 11.9 Å². The van der Waals surface area contributed by atoms with Gasteiger partial charge in [-0.1, -0.05) is 112 Å². The predicted molar refractivity (Wildman–Crippen MR) is 224 cm³/mol. The molecular weight excluding hydrogens is 701 g/mol. The fraction of sp³-hybridized carbons (Fsp3) is 0.875. The summed E-state index contributed by atoms with van der Waals surface area (Å²) in [6.45, 7) is 23.3. The number of allylic oxidation sites excluding steroid dienone is 2. The molecule has 0 spiro atoms. The van der Waals surface area contributed by atoms with Gasteiger partial charge in [0.05, 0.1) is 5.41 Å². The zero-order valence-electron chi connectivity index (χ0n) is 37.2. The van der Waals surface area contributed by atoms with Crippen LogP contribution in [0.1, 0.15) is 191 Å². The molecule has 0 aromatic heterocycles. The van der Waals surface area contributed by atoms with Crippen LogP contribution in [0, 0.1) is 56.2 Å². The highest BCUT2D eigenvalue weighted by atomic mass is 16.5. The van der Waals surface area contributed by atoms with Crippen molar-refractivity contribution in [1.29, 1.82) is 0 Å². The first-order valence-corrected chi connectivity index (χ1v) is 22.8. The van der Waals surface area contributed by atoms with E-state index in [1.165, 1.54) is 12.8 Å². The monoisotopic (exact) mass is 781 g/mol. The fourth-order valence-electron chi connectivity index (χ4n) is 13.6. The summed E-state index contributed by atoms with van der Waals surface area (Å²) in [6.07, 6.45) is 22.2. The van der Waals surface area contributed by atoms with Crippen molar-refractivity contribution in [2.24, 2.45) is 56.2 Å². The fourth-order valence-corrected chi connectivity index (χ4v) is 13.6. The Morgan fingerprint density at radius 1 is 0.804 bits per heavy atom. The lowest BCUT2D eigenvalue weighted by atomic mass is 9.33. The van der Waals surface area contributed by atoms with Crippen molar-refractivity contribution in [3.8, 4) is 0 Å². The minimum atomic E-state index is -0.976. The summed E-state index contributed by atoms with van der Waals surface area (Å²) in [7, 11) is 0. The molecule has 318 valence electrons. The van der Waals surface area contributed by atoms with E-state index in [1.807, 2.05) is 0 Å². The Morgan fingerprint density at radius 2 is 1.43 bits per heavy atom. The number of carboxylic acid groups (broad SMARTS) is 1. The Kier molecular flexibility index (Phi) is 13.6. The van der Waals surface area contributed by atoms with Crippen molar-refractivity contribution in [3.05, 3.63) is 11.6 Å². The first-order valence-electron chi connectivity index (χ1n) is 22.8. The maximum Gasteiger partial charge on any atom is 0.326 e. The molecule has 3 unspecified atom stereocenters. The molecule has 5 rings (SSSR count). The van der Waals surface area contributed by atoms with Crippen LogP contribution in [0.2, 0.25) is 0 Å². The number of ether oxygens (including phenoxy) is 1. The second-order valence-corrected chi connectivity index (χ2v) is 21.8. The number of nitrogens with one attached hydrogen (secondary N) is 2. The van der Waals surface area contributed by atoms with E-state index < -0.39 is 12.0 Å². The van der Waals surface area contributed by atoms with E-state index in [4.69, 9.17) is 4.74 Å². The van der Waals surface area contributed by atoms with Gasteiger partial charge in [0.15, 0.2) is 0 Å². The Bertz CT molecular complexity index is 1480. The van der Waals surface area contributed by atoms with Crippen molar-refractivity contribution in [2.75, 3.05) is 6.54 Å². The minimum Gasteiger partial charge on any atom is -0.480 e. The molecule has 0 saturated heterocycles. The normalized spacial score (nSPS) is 36.1. The molecule has 0 heterocycles. The molecule has 0 aliphatic heterocycles. The highest BCUT2D eigenvalue weighted by molar-refractivity contribution is 5.84. The number of hydrogen-bond acceptors (Lipinski definition) is 5. The van der Waals surface area contributed by atoms with Gasteiger partial charge in [-0.15, -0.1) is 0 Å². The van der Waals surface area contributed by atoms with Crippen LogP contribution in [0.5, 0.6) is 0 Å². The maximum atomic E-state index is 14.5. The summed E-state index contributed by atoms with van der Waals surface area (Å²) in [5.74, 6) is 0.255. The number of amides is 2. The number of carboxylic acids is 1. The number of unbranched alkanes of at least 4 members (excludes halogenated alkanes) is 7. The van der Waals surface area contributed by atoms with Gasteiger partial charge in [0.1, 0.15) is 12.1 Å². The molecule has 4 fully saturated rings. The van der Waals surface area contributed by atoms with Crippen molar-refractivity contribution >= 4 is 23.8 Å². The Labute approximate surface area is 340 Å². The van der Waals surface area contributed by atoms with Crippen LogP contribution < -0.4 is 10.6 Å². The lowest BCUT2D eigenvalue weighted by molar-refractivity contribution is -0.212. The van der Waals surface area contributed by atoms with E-state index in [0.29, 0.717) is 30.1 Å². The van der Waals surface area contributed by atoms with Crippen LogP contribution in [0.4, 0.5) is 0 Å². The van der Waals surface area contributed by atoms with Crippen LogP contribution in [-0.4, -0.2) is 47.6 Å². The van der Waals surface area contributed by atoms with E-state index in [0.717, 1.165) is 109 Å². The predicted octanol–water partition coefficient (Wildman–Crippen LogP) is 10.6. The Hall–Kier alpha value is -2.38. The number of rotatable bonds is 16. The Balaban J connectivity index is 1.14. The average Bonchev–Trinajstić information content (AvgIpc) is 3.10. The van der Waals surface area contributed by atoms with Crippen LogP contribution in [0.25, 0.3) is 0 Å². The molecule has 8 heteroatoms. The summed E-state index contributed by atoms with van der Waals surface area (Å²) in [4.78, 5) is 50.1. The van der Waals surface area contributed by atoms with E-state index >= 15 is 0 Å². The average molecular weight is 781 g/mol. The van der Waals surface area contributed by atoms with E-state index in [2.05, 4.69) is 65.2 Å². The number of fused-ring (bicyclic) bond motifs is 7. The highest BCUT2D eigenvalue weighted by Crippen LogP contribution is 2.76. The van der Waals surface area contributed by atoms with Crippen LogP contribution in [0.15, 0.2) is 11.6 Å². The number of aliphatic carboxylic acids is 1. The molecule has 0 bridgehead atoms.